The van der Waals surface area contributed by atoms with Gasteiger partial charge in [-0.1, -0.05) is 15.9 Å². The lowest BCUT2D eigenvalue weighted by atomic mass is 9.90. The molecule has 0 bridgehead atoms. The normalized spacial score (nSPS) is 22.8. The zero-order valence-corrected chi connectivity index (χ0v) is 13.8. The number of hydrogen-bond acceptors (Lipinski definition) is 3. The lowest BCUT2D eigenvalue weighted by molar-refractivity contribution is -0.177. The third-order valence-electron chi connectivity index (χ3n) is 3.85. The summed E-state index contributed by atoms with van der Waals surface area (Å²) in [7, 11) is 0. The fourth-order valence-electron chi connectivity index (χ4n) is 2.81. The lowest BCUT2D eigenvalue weighted by Gasteiger charge is -2.36. The summed E-state index contributed by atoms with van der Waals surface area (Å²) in [6.07, 6.45) is 4.14. The van der Waals surface area contributed by atoms with Crippen molar-refractivity contribution in [3.8, 4) is 0 Å². The molecule has 0 radical (unpaired) electrons. The molecule has 3 rings (SSSR count). The van der Waals surface area contributed by atoms with Crippen molar-refractivity contribution in [2.45, 2.75) is 37.5 Å². The van der Waals surface area contributed by atoms with Gasteiger partial charge in [-0.2, -0.15) is 0 Å². The van der Waals surface area contributed by atoms with Gasteiger partial charge in [-0.3, -0.25) is 0 Å². The molecular formula is C14H17Br2NO2. The van der Waals surface area contributed by atoms with Gasteiger partial charge in [-0.05, 0) is 47.0 Å². The largest absolute Gasteiger partial charge is 0.381 e. The van der Waals surface area contributed by atoms with Crippen molar-refractivity contribution in [3.63, 3.8) is 0 Å². The first-order valence-electron chi connectivity index (χ1n) is 6.66. The summed E-state index contributed by atoms with van der Waals surface area (Å²) < 4.78 is 13.7. The molecule has 3 nitrogen and oxygen atoms in total. The van der Waals surface area contributed by atoms with Crippen molar-refractivity contribution in [3.05, 3.63) is 27.1 Å². The van der Waals surface area contributed by atoms with Crippen molar-refractivity contribution in [1.29, 1.82) is 0 Å². The Morgan fingerprint density at radius 2 is 1.79 bits per heavy atom. The quantitative estimate of drug-likeness (QED) is 0.816. The number of nitrogens with one attached hydrogen (secondary N) is 1. The van der Waals surface area contributed by atoms with Crippen LogP contribution in [0.4, 0.5) is 5.69 Å². The highest BCUT2D eigenvalue weighted by atomic mass is 79.9. The van der Waals surface area contributed by atoms with E-state index in [0.717, 1.165) is 53.5 Å². The molecular weight excluding hydrogens is 374 g/mol. The fraction of sp³-hybridized carbons (Fsp3) is 0.571. The Bertz CT molecular complexity index is 451. The Morgan fingerprint density at radius 3 is 2.42 bits per heavy atom. The number of anilines is 1. The van der Waals surface area contributed by atoms with Crippen molar-refractivity contribution in [2.75, 3.05) is 18.5 Å². The minimum atomic E-state index is -0.269. The van der Waals surface area contributed by atoms with Crippen molar-refractivity contribution >= 4 is 37.5 Å². The summed E-state index contributed by atoms with van der Waals surface area (Å²) in [5, 5.41) is 3.60. The predicted molar refractivity (Wildman–Crippen MR) is 82.4 cm³/mol. The Morgan fingerprint density at radius 1 is 1.11 bits per heavy atom. The molecule has 0 atom stereocenters. The predicted octanol–water partition coefficient (Wildman–Crippen LogP) is 4.31. The molecule has 1 aromatic carbocycles. The average Bonchev–Trinajstić information content (AvgIpc) is 2.84. The molecule has 0 aromatic heterocycles. The minimum absolute atomic E-state index is 0.269. The van der Waals surface area contributed by atoms with Crippen molar-refractivity contribution in [2.24, 2.45) is 0 Å². The van der Waals surface area contributed by atoms with Gasteiger partial charge in [0.2, 0.25) is 0 Å². The maximum atomic E-state index is 5.75. The second-order valence-corrected chi connectivity index (χ2v) is 6.92. The van der Waals surface area contributed by atoms with Crippen LogP contribution in [-0.2, 0) is 9.47 Å². The highest BCUT2D eigenvalue weighted by Gasteiger charge is 2.40. The van der Waals surface area contributed by atoms with Gasteiger partial charge in [0.05, 0.1) is 13.2 Å². The van der Waals surface area contributed by atoms with Crippen LogP contribution in [0.3, 0.4) is 0 Å². The molecule has 1 spiro atoms. The lowest BCUT2D eigenvalue weighted by Crippen LogP contribution is -2.39. The van der Waals surface area contributed by atoms with Crippen LogP contribution in [0.1, 0.15) is 25.7 Å². The monoisotopic (exact) mass is 389 g/mol. The van der Waals surface area contributed by atoms with Crippen LogP contribution in [0, 0.1) is 0 Å². The van der Waals surface area contributed by atoms with E-state index in [0.29, 0.717) is 6.04 Å². The molecule has 1 heterocycles. The average molecular weight is 391 g/mol. The standard InChI is InChI=1S/C14H17Br2NO2/c15-10-1-2-13(12(16)9-10)17-11-3-5-14(6-4-11)18-7-8-19-14/h1-2,9,11,17H,3-8H2. The number of benzene rings is 1. The molecule has 2 aliphatic rings. The van der Waals surface area contributed by atoms with E-state index in [9.17, 15) is 0 Å². The van der Waals surface area contributed by atoms with Crippen LogP contribution in [0.15, 0.2) is 27.1 Å². The summed E-state index contributed by atoms with van der Waals surface area (Å²) in [6, 6.07) is 6.72. The zero-order chi connectivity index (χ0) is 13.3. The second-order valence-electron chi connectivity index (χ2n) is 5.15. The van der Waals surface area contributed by atoms with Crippen LogP contribution < -0.4 is 5.32 Å². The molecule has 1 saturated heterocycles. The van der Waals surface area contributed by atoms with Crippen LogP contribution in [0.2, 0.25) is 0 Å². The smallest absolute Gasteiger partial charge is 0.168 e. The van der Waals surface area contributed by atoms with E-state index < -0.39 is 0 Å². The summed E-state index contributed by atoms with van der Waals surface area (Å²) in [6.45, 7) is 1.49. The minimum Gasteiger partial charge on any atom is -0.381 e. The molecule has 1 saturated carbocycles. The van der Waals surface area contributed by atoms with Gasteiger partial charge < -0.3 is 14.8 Å². The van der Waals surface area contributed by atoms with E-state index in [1.807, 2.05) is 0 Å². The Labute approximate surface area is 130 Å². The molecule has 19 heavy (non-hydrogen) atoms. The van der Waals surface area contributed by atoms with Gasteiger partial charge in [0.25, 0.3) is 0 Å². The zero-order valence-electron chi connectivity index (χ0n) is 10.6. The highest BCUT2D eigenvalue weighted by molar-refractivity contribution is 9.11. The summed E-state index contributed by atoms with van der Waals surface area (Å²) in [4.78, 5) is 0. The van der Waals surface area contributed by atoms with E-state index in [1.54, 1.807) is 0 Å². The molecule has 0 amide bonds. The molecule has 1 aromatic rings. The number of ether oxygens (including phenoxy) is 2. The van der Waals surface area contributed by atoms with E-state index in [2.05, 4.69) is 55.4 Å². The van der Waals surface area contributed by atoms with E-state index in [1.165, 1.54) is 0 Å². The van der Waals surface area contributed by atoms with E-state index in [4.69, 9.17) is 9.47 Å². The van der Waals surface area contributed by atoms with Crippen LogP contribution >= 0.6 is 31.9 Å². The summed E-state index contributed by atoms with van der Waals surface area (Å²) in [5.41, 5.74) is 1.15. The van der Waals surface area contributed by atoms with Crippen LogP contribution in [0.25, 0.3) is 0 Å². The molecule has 0 unspecified atom stereocenters. The molecule has 104 valence electrons. The fourth-order valence-corrected chi connectivity index (χ4v) is 3.98. The van der Waals surface area contributed by atoms with Gasteiger partial charge in [0.1, 0.15) is 0 Å². The SMILES string of the molecule is Brc1ccc(NC2CCC3(CC2)OCCO3)c(Br)c1. The van der Waals surface area contributed by atoms with Gasteiger partial charge >= 0.3 is 0 Å². The highest BCUT2D eigenvalue weighted by Crippen LogP contribution is 2.37. The maximum Gasteiger partial charge on any atom is 0.168 e. The first kappa shape index (κ1) is 13.9. The molecule has 1 N–H and O–H groups in total. The number of halogens is 2. The topological polar surface area (TPSA) is 30.5 Å². The third-order valence-corrected chi connectivity index (χ3v) is 5.00. The summed E-state index contributed by atoms with van der Waals surface area (Å²) >= 11 is 7.06. The van der Waals surface area contributed by atoms with E-state index in [-0.39, 0.29) is 5.79 Å². The molecule has 1 aliphatic carbocycles. The van der Waals surface area contributed by atoms with Crippen molar-refractivity contribution in [1.82, 2.24) is 0 Å². The Balaban J connectivity index is 1.60. The van der Waals surface area contributed by atoms with Crippen molar-refractivity contribution < 1.29 is 9.47 Å². The first-order valence-corrected chi connectivity index (χ1v) is 8.25. The van der Waals surface area contributed by atoms with Gasteiger partial charge in [0.15, 0.2) is 5.79 Å². The van der Waals surface area contributed by atoms with Gasteiger partial charge in [-0.25, -0.2) is 0 Å². The Hall–Kier alpha value is -0.100. The molecule has 1 aliphatic heterocycles. The third kappa shape index (κ3) is 3.15. The van der Waals surface area contributed by atoms with Gasteiger partial charge in [0, 0.05) is 33.5 Å². The van der Waals surface area contributed by atoms with Crippen LogP contribution in [0.5, 0.6) is 0 Å². The van der Waals surface area contributed by atoms with E-state index >= 15 is 0 Å². The maximum absolute atomic E-state index is 5.75. The molecule has 2 fully saturated rings. The summed E-state index contributed by atoms with van der Waals surface area (Å²) in [5.74, 6) is -0.269. The Kier molecular flexibility index (Phi) is 4.17. The van der Waals surface area contributed by atoms with Crippen LogP contribution in [-0.4, -0.2) is 25.0 Å². The first-order chi connectivity index (χ1) is 9.17. The molecule has 5 heteroatoms. The number of hydrogen-bond donors (Lipinski definition) is 1. The van der Waals surface area contributed by atoms with Gasteiger partial charge in [-0.15, -0.1) is 0 Å². The number of rotatable bonds is 2. The second kappa shape index (κ2) is 5.72.